The van der Waals surface area contributed by atoms with E-state index in [4.69, 9.17) is 5.73 Å². The first-order valence-electron chi connectivity index (χ1n) is 15.2. The summed E-state index contributed by atoms with van der Waals surface area (Å²) in [6, 6.07) is 18.6. The van der Waals surface area contributed by atoms with Crippen molar-refractivity contribution in [2.75, 3.05) is 13.1 Å². The second kappa shape index (κ2) is 14.9. The number of amidine groups is 2. The van der Waals surface area contributed by atoms with Crippen molar-refractivity contribution in [2.45, 2.75) is 46.0 Å². The van der Waals surface area contributed by atoms with E-state index < -0.39 is 11.7 Å². The van der Waals surface area contributed by atoms with Crippen LogP contribution in [0, 0.1) is 6.92 Å². The number of aromatic hydroxyl groups is 1. The maximum absolute atomic E-state index is 13.7. The van der Waals surface area contributed by atoms with E-state index in [1.54, 1.807) is 31.3 Å². The second-order valence-electron chi connectivity index (χ2n) is 11.8. The number of aliphatic imine (C=N–C) groups is 2. The summed E-state index contributed by atoms with van der Waals surface area (Å²) in [4.78, 5) is 10.9. The molecule has 1 heterocycles. The van der Waals surface area contributed by atoms with Crippen LogP contribution in [0.25, 0.3) is 5.70 Å². The van der Waals surface area contributed by atoms with E-state index in [1.807, 2.05) is 55.1 Å². The molecular formula is C37H41F3N6O. The molecule has 1 aliphatic rings. The van der Waals surface area contributed by atoms with Gasteiger partial charge in [-0.15, -0.1) is 0 Å². The smallest absolute Gasteiger partial charge is 0.416 e. The Bertz CT molecular complexity index is 1720. The molecular weight excluding hydrogens is 601 g/mol. The summed E-state index contributed by atoms with van der Waals surface area (Å²) in [6.07, 6.45) is -2.18. The van der Waals surface area contributed by atoms with Gasteiger partial charge in [-0.3, -0.25) is 9.98 Å². The van der Waals surface area contributed by atoms with Crippen LogP contribution in [-0.2, 0) is 19.1 Å². The second-order valence-corrected chi connectivity index (χ2v) is 11.8. The van der Waals surface area contributed by atoms with Crippen LogP contribution >= 0.6 is 0 Å². The van der Waals surface area contributed by atoms with Crippen molar-refractivity contribution in [3.05, 3.63) is 143 Å². The quantitative estimate of drug-likeness (QED) is 0.0965. The Labute approximate surface area is 274 Å². The topological polar surface area (TPSA) is 98.3 Å². The molecule has 3 aromatic carbocycles. The standard InChI is InChI=1S/C37H41F3N6O/c1-23(2)45-36-27(6)46(34(21-44-36)31-16-24(3)17-32(18-31)37(38,39)40)22-26(5)42-20-29-7-11-30(12-8-29)35(41)43-19-25(4)15-28-9-13-33(47)14-10-28/h7-14,16-18,21,23,42,47H,4-6,15,19-20,22H2,1-3H3,(H2,41,43)(H,44,45). The molecule has 5 N–H and O–H groups in total. The minimum Gasteiger partial charge on any atom is -0.508 e. The van der Waals surface area contributed by atoms with E-state index >= 15 is 0 Å². The Kier molecular flexibility index (Phi) is 11.0. The maximum Gasteiger partial charge on any atom is 0.416 e. The van der Waals surface area contributed by atoms with Gasteiger partial charge in [0.2, 0.25) is 0 Å². The monoisotopic (exact) mass is 642 g/mol. The highest BCUT2D eigenvalue weighted by atomic mass is 19.4. The average molecular weight is 643 g/mol. The fraction of sp³-hybridized carbons (Fsp3) is 0.243. The first kappa shape index (κ1) is 34.6. The SMILES string of the molecule is C=C(CN=C(N)c1ccc(CNC(=C)CN2C(=C)C(=NC(C)C)NC=C2c2cc(C)cc(C(F)(F)F)c2)cc1)Cc1ccc(O)cc1. The molecule has 7 nitrogen and oxygen atoms in total. The number of hydrogen-bond acceptors (Lipinski definition) is 5. The molecule has 4 rings (SSSR count). The molecule has 0 aliphatic carbocycles. The number of aryl methyl sites for hydroxylation is 1. The third-order valence-corrected chi connectivity index (χ3v) is 7.33. The van der Waals surface area contributed by atoms with Crippen molar-refractivity contribution in [2.24, 2.45) is 15.7 Å². The van der Waals surface area contributed by atoms with E-state index in [2.05, 4.69) is 40.4 Å². The van der Waals surface area contributed by atoms with Gasteiger partial charge in [-0.25, -0.2) is 0 Å². The van der Waals surface area contributed by atoms with E-state index in [0.29, 0.717) is 59.4 Å². The molecule has 0 radical (unpaired) electrons. The van der Waals surface area contributed by atoms with Gasteiger partial charge in [-0.05, 0) is 74.2 Å². The molecule has 0 fully saturated rings. The summed E-state index contributed by atoms with van der Waals surface area (Å²) in [5.41, 5.74) is 11.8. The maximum atomic E-state index is 13.7. The first-order chi connectivity index (χ1) is 22.2. The predicted octanol–water partition coefficient (Wildman–Crippen LogP) is 7.05. The molecule has 47 heavy (non-hydrogen) atoms. The van der Waals surface area contributed by atoms with Gasteiger partial charge in [0.25, 0.3) is 0 Å². The Hall–Kier alpha value is -5.25. The zero-order chi connectivity index (χ0) is 34.3. The summed E-state index contributed by atoms with van der Waals surface area (Å²) in [7, 11) is 0. The summed E-state index contributed by atoms with van der Waals surface area (Å²) in [5.74, 6) is 1.16. The fourth-order valence-corrected chi connectivity index (χ4v) is 4.97. The molecule has 3 aromatic rings. The van der Waals surface area contributed by atoms with Gasteiger partial charge in [0.05, 0.1) is 30.0 Å². The van der Waals surface area contributed by atoms with Gasteiger partial charge < -0.3 is 26.4 Å². The Morgan fingerprint density at radius 3 is 2.32 bits per heavy atom. The number of halogens is 3. The molecule has 10 heteroatoms. The number of benzene rings is 3. The zero-order valence-electron chi connectivity index (χ0n) is 27.0. The molecule has 1 aliphatic heterocycles. The fourth-order valence-electron chi connectivity index (χ4n) is 4.97. The molecule has 0 saturated carbocycles. The summed E-state index contributed by atoms with van der Waals surface area (Å²) in [5, 5.41) is 15.9. The van der Waals surface area contributed by atoms with Crippen LogP contribution in [0.1, 0.15) is 47.2 Å². The van der Waals surface area contributed by atoms with Gasteiger partial charge in [-0.1, -0.05) is 61.7 Å². The number of nitrogens with one attached hydrogen (secondary N) is 2. The van der Waals surface area contributed by atoms with E-state index in [0.717, 1.165) is 34.4 Å². The number of phenolic OH excluding ortho intramolecular Hbond substituents is 1. The largest absolute Gasteiger partial charge is 0.508 e. The number of nitrogens with zero attached hydrogens (tertiary/aromatic N) is 3. The molecule has 0 saturated heterocycles. The number of hydrogen-bond donors (Lipinski definition) is 4. The van der Waals surface area contributed by atoms with Gasteiger partial charge in [0.15, 0.2) is 0 Å². The number of phenols is 1. The molecule has 0 bridgehead atoms. The van der Waals surface area contributed by atoms with E-state index in [1.165, 1.54) is 0 Å². The van der Waals surface area contributed by atoms with Crippen molar-refractivity contribution in [3.8, 4) is 5.75 Å². The lowest BCUT2D eigenvalue weighted by atomic mass is 10.0. The Morgan fingerprint density at radius 1 is 1.02 bits per heavy atom. The van der Waals surface area contributed by atoms with Crippen molar-refractivity contribution >= 4 is 17.4 Å². The highest BCUT2D eigenvalue weighted by Crippen LogP contribution is 2.34. The van der Waals surface area contributed by atoms with Gasteiger partial charge in [0, 0.05) is 35.6 Å². The number of rotatable bonds is 12. The van der Waals surface area contributed by atoms with Crippen LogP contribution in [0.2, 0.25) is 0 Å². The van der Waals surface area contributed by atoms with Crippen molar-refractivity contribution < 1.29 is 18.3 Å². The number of nitrogens with two attached hydrogens (primary N) is 1. The third kappa shape index (κ3) is 9.62. The average Bonchev–Trinajstić information content (AvgIpc) is 3.01. The van der Waals surface area contributed by atoms with Gasteiger partial charge >= 0.3 is 6.18 Å². The molecule has 0 atom stereocenters. The van der Waals surface area contributed by atoms with Crippen LogP contribution in [0.3, 0.4) is 0 Å². The lowest BCUT2D eigenvalue weighted by Gasteiger charge is -2.35. The Morgan fingerprint density at radius 2 is 1.68 bits per heavy atom. The lowest BCUT2D eigenvalue weighted by Crippen LogP contribution is -2.40. The Balaban J connectivity index is 1.41. The minimum absolute atomic E-state index is 0.0189. The van der Waals surface area contributed by atoms with Gasteiger partial charge in [-0.2, -0.15) is 13.2 Å². The van der Waals surface area contributed by atoms with Crippen LogP contribution < -0.4 is 16.4 Å². The molecule has 0 unspecified atom stereocenters. The normalized spacial score (nSPS) is 14.7. The summed E-state index contributed by atoms with van der Waals surface area (Å²) in [6.45, 7) is 19.1. The zero-order valence-corrected chi connectivity index (χ0v) is 27.0. The van der Waals surface area contributed by atoms with Crippen molar-refractivity contribution in [1.82, 2.24) is 15.5 Å². The third-order valence-electron chi connectivity index (χ3n) is 7.33. The van der Waals surface area contributed by atoms with Crippen molar-refractivity contribution in [1.29, 1.82) is 0 Å². The molecule has 0 amide bonds. The summed E-state index contributed by atoms with van der Waals surface area (Å²) < 4.78 is 41.0. The first-order valence-corrected chi connectivity index (χ1v) is 15.2. The van der Waals surface area contributed by atoms with E-state index in [-0.39, 0.29) is 18.3 Å². The van der Waals surface area contributed by atoms with Crippen molar-refractivity contribution in [3.63, 3.8) is 0 Å². The highest BCUT2D eigenvalue weighted by Gasteiger charge is 2.32. The highest BCUT2D eigenvalue weighted by molar-refractivity contribution is 6.02. The summed E-state index contributed by atoms with van der Waals surface area (Å²) >= 11 is 0. The van der Waals surface area contributed by atoms with Crippen LogP contribution in [0.15, 0.2) is 120 Å². The minimum atomic E-state index is -4.48. The van der Waals surface area contributed by atoms with Crippen LogP contribution in [0.4, 0.5) is 13.2 Å². The van der Waals surface area contributed by atoms with Crippen LogP contribution in [-0.4, -0.2) is 40.8 Å². The van der Waals surface area contributed by atoms with Crippen LogP contribution in [0.5, 0.6) is 5.75 Å². The van der Waals surface area contributed by atoms with E-state index in [9.17, 15) is 18.3 Å². The molecule has 246 valence electrons. The molecule has 0 aromatic heterocycles. The lowest BCUT2D eigenvalue weighted by molar-refractivity contribution is -0.137. The van der Waals surface area contributed by atoms with Gasteiger partial charge in [0.1, 0.15) is 17.4 Å². The predicted molar refractivity (Wildman–Crippen MR) is 185 cm³/mol. The number of alkyl halides is 3. The molecule has 0 spiro atoms.